The molecule has 2 heterocycles. The average Bonchev–Trinajstić information content (AvgIpc) is 3.05. The Kier molecular flexibility index (Phi) is 6.76. The predicted molar refractivity (Wildman–Crippen MR) is 115 cm³/mol. The number of carbonyl (C=O) groups excluding carboxylic acids is 1. The van der Waals surface area contributed by atoms with Gasteiger partial charge in [0.2, 0.25) is 5.91 Å². The molecule has 0 aliphatic carbocycles. The number of amides is 1. The molecule has 1 amide bonds. The molecule has 0 saturated carbocycles. The highest BCUT2D eigenvalue weighted by molar-refractivity contribution is 7.99. The van der Waals surface area contributed by atoms with Gasteiger partial charge in [-0.3, -0.25) is 4.79 Å². The topological polar surface area (TPSA) is 81.9 Å². The van der Waals surface area contributed by atoms with Crippen LogP contribution in [0.25, 0.3) is 0 Å². The number of aryl methyl sites for hydroxylation is 2. The minimum absolute atomic E-state index is 0.170. The highest BCUT2D eigenvalue weighted by Gasteiger charge is 2.19. The molecule has 0 radical (unpaired) electrons. The Morgan fingerprint density at radius 1 is 1.31 bits per heavy atom. The zero-order valence-electron chi connectivity index (χ0n) is 16.6. The van der Waals surface area contributed by atoms with E-state index in [1.807, 2.05) is 44.5 Å². The van der Waals surface area contributed by atoms with Gasteiger partial charge in [-0.25, -0.2) is 4.98 Å². The van der Waals surface area contributed by atoms with Crippen molar-refractivity contribution < 1.29 is 9.53 Å². The van der Waals surface area contributed by atoms with Crippen molar-refractivity contribution in [3.8, 4) is 5.75 Å². The number of aromatic nitrogens is 4. The Bertz CT molecular complexity index is 1020. The summed E-state index contributed by atoms with van der Waals surface area (Å²) < 4.78 is 7.90. The summed E-state index contributed by atoms with van der Waals surface area (Å²) in [7, 11) is 1.86. The van der Waals surface area contributed by atoms with Crippen molar-refractivity contribution in [2.45, 2.75) is 32.0 Å². The monoisotopic (exact) mass is 431 g/mol. The molecule has 0 bridgehead atoms. The van der Waals surface area contributed by atoms with Crippen LogP contribution in [0.4, 0.5) is 5.69 Å². The lowest BCUT2D eigenvalue weighted by Crippen LogP contribution is -2.15. The summed E-state index contributed by atoms with van der Waals surface area (Å²) in [5, 5.41) is 12.0. The highest BCUT2D eigenvalue weighted by atomic mass is 35.5. The summed E-state index contributed by atoms with van der Waals surface area (Å²) in [6.45, 7) is 5.99. The number of thioether (sulfide) groups is 1. The molecule has 0 fully saturated rings. The molecule has 0 spiro atoms. The third-order valence-electron chi connectivity index (χ3n) is 4.23. The first kappa shape index (κ1) is 21.1. The number of carbonyl (C=O) groups is 1. The maximum absolute atomic E-state index is 12.2. The number of pyridine rings is 1. The molecule has 2 aromatic heterocycles. The van der Waals surface area contributed by atoms with Gasteiger partial charge < -0.3 is 14.6 Å². The first-order chi connectivity index (χ1) is 13.8. The number of ether oxygens (including phenoxy) is 1. The van der Waals surface area contributed by atoms with Gasteiger partial charge >= 0.3 is 0 Å². The number of hydrogen-bond donors (Lipinski definition) is 1. The number of nitrogens with one attached hydrogen (secondary N) is 1. The molecule has 7 nitrogen and oxygen atoms in total. The molecule has 0 saturated heterocycles. The van der Waals surface area contributed by atoms with Crippen molar-refractivity contribution >= 4 is 35.0 Å². The van der Waals surface area contributed by atoms with E-state index in [-0.39, 0.29) is 22.9 Å². The summed E-state index contributed by atoms with van der Waals surface area (Å²) in [6.07, 6.45) is 1.28. The summed E-state index contributed by atoms with van der Waals surface area (Å²) in [5.41, 5.74) is 2.74. The Labute approximate surface area is 178 Å². The number of rotatable bonds is 7. The summed E-state index contributed by atoms with van der Waals surface area (Å²) in [6, 6.07) is 9.46. The number of hydrogen-bond acceptors (Lipinski definition) is 6. The summed E-state index contributed by atoms with van der Waals surface area (Å²) >= 11 is 7.25. The number of halogens is 1. The van der Waals surface area contributed by atoms with Gasteiger partial charge in [-0.15, -0.1) is 10.2 Å². The molecule has 3 rings (SSSR count). The van der Waals surface area contributed by atoms with Crippen LogP contribution in [-0.2, 0) is 11.8 Å². The average molecular weight is 432 g/mol. The number of nitrogens with zero attached hydrogens (tertiary/aromatic N) is 4. The van der Waals surface area contributed by atoms with Gasteiger partial charge in [-0.2, -0.15) is 0 Å². The van der Waals surface area contributed by atoms with Gasteiger partial charge in [0.05, 0.1) is 11.4 Å². The lowest BCUT2D eigenvalue weighted by molar-refractivity contribution is -0.113. The maximum atomic E-state index is 12.2. The lowest BCUT2D eigenvalue weighted by Gasteiger charge is -2.16. The zero-order valence-corrected chi connectivity index (χ0v) is 18.2. The molecule has 1 atom stereocenters. The van der Waals surface area contributed by atoms with Crippen molar-refractivity contribution in [2.75, 3.05) is 11.1 Å². The van der Waals surface area contributed by atoms with E-state index >= 15 is 0 Å². The number of anilines is 1. The minimum Gasteiger partial charge on any atom is -0.482 e. The van der Waals surface area contributed by atoms with E-state index in [0.29, 0.717) is 16.7 Å². The normalized spacial score (nSPS) is 11.9. The van der Waals surface area contributed by atoms with Crippen molar-refractivity contribution in [2.24, 2.45) is 7.05 Å². The molecule has 29 heavy (non-hydrogen) atoms. The minimum atomic E-state index is -0.286. The fourth-order valence-electron chi connectivity index (χ4n) is 2.78. The second kappa shape index (κ2) is 9.28. The standard InChI is InChI=1S/C20H22ClN5O2S/c1-12-7-8-16(13(2)10-12)28-14(3)19-24-25-20(26(19)4)29-11-17(27)23-15-6-5-9-22-18(15)21/h5-10,14H,11H2,1-4H3,(H,23,27). The molecule has 0 aliphatic heterocycles. The van der Waals surface area contributed by atoms with E-state index in [0.717, 1.165) is 11.3 Å². The van der Waals surface area contributed by atoms with Crippen molar-refractivity contribution in [3.63, 3.8) is 0 Å². The molecule has 0 aliphatic rings. The van der Waals surface area contributed by atoms with Gasteiger partial charge in [0.15, 0.2) is 22.2 Å². The molecule has 3 aromatic rings. The molecular formula is C20H22ClN5O2S. The van der Waals surface area contributed by atoms with Gasteiger partial charge in [0.1, 0.15) is 5.75 Å². The van der Waals surface area contributed by atoms with Crippen molar-refractivity contribution in [3.05, 3.63) is 58.6 Å². The molecule has 1 N–H and O–H groups in total. The van der Waals surface area contributed by atoms with E-state index in [2.05, 4.69) is 26.6 Å². The maximum Gasteiger partial charge on any atom is 0.234 e. The van der Waals surface area contributed by atoms with Crippen molar-refractivity contribution in [1.82, 2.24) is 19.7 Å². The first-order valence-corrected chi connectivity index (χ1v) is 10.4. The van der Waals surface area contributed by atoms with Gasteiger partial charge in [-0.1, -0.05) is 41.1 Å². The fourth-order valence-corrected chi connectivity index (χ4v) is 3.66. The molecule has 9 heteroatoms. The molecule has 1 unspecified atom stereocenters. The van der Waals surface area contributed by atoms with Crippen LogP contribution < -0.4 is 10.1 Å². The van der Waals surface area contributed by atoms with Crippen molar-refractivity contribution in [1.29, 1.82) is 0 Å². The molecular weight excluding hydrogens is 410 g/mol. The van der Waals surface area contributed by atoms with Gasteiger partial charge in [0, 0.05) is 13.2 Å². The van der Waals surface area contributed by atoms with Crippen LogP contribution >= 0.6 is 23.4 Å². The number of benzene rings is 1. The smallest absolute Gasteiger partial charge is 0.234 e. The molecule has 152 valence electrons. The van der Waals surface area contributed by atoms with E-state index in [9.17, 15) is 4.79 Å². The van der Waals surface area contributed by atoms with Gasteiger partial charge in [0.25, 0.3) is 0 Å². The van der Waals surface area contributed by atoms with E-state index in [4.69, 9.17) is 16.3 Å². The fraction of sp³-hybridized carbons (Fsp3) is 0.300. The Morgan fingerprint density at radius 2 is 2.10 bits per heavy atom. The van der Waals surface area contributed by atoms with Crippen LogP contribution in [0.5, 0.6) is 5.75 Å². The van der Waals surface area contributed by atoms with Crippen LogP contribution in [0, 0.1) is 13.8 Å². The zero-order chi connectivity index (χ0) is 21.0. The molecule has 1 aromatic carbocycles. The van der Waals surface area contributed by atoms with Crippen LogP contribution in [0.1, 0.15) is 30.0 Å². The SMILES string of the molecule is Cc1ccc(OC(C)c2nnc(SCC(=O)Nc3cccnc3Cl)n2C)c(C)c1. The van der Waals surface area contributed by atoms with Crippen LogP contribution in [-0.4, -0.2) is 31.4 Å². The Balaban J connectivity index is 1.61. The second-order valence-corrected chi connectivity index (χ2v) is 7.91. The Morgan fingerprint density at radius 3 is 2.83 bits per heavy atom. The second-order valence-electron chi connectivity index (χ2n) is 6.61. The van der Waals surface area contributed by atoms with E-state index < -0.39 is 0 Å². The van der Waals surface area contributed by atoms with E-state index in [1.165, 1.54) is 17.3 Å². The predicted octanol–water partition coefficient (Wildman–Crippen LogP) is 4.35. The summed E-state index contributed by atoms with van der Waals surface area (Å²) in [5.74, 6) is 1.47. The first-order valence-electron chi connectivity index (χ1n) is 9.01. The van der Waals surface area contributed by atoms with Crippen LogP contribution in [0.2, 0.25) is 5.15 Å². The largest absolute Gasteiger partial charge is 0.482 e. The quantitative estimate of drug-likeness (QED) is 0.442. The third kappa shape index (κ3) is 5.27. The van der Waals surface area contributed by atoms with E-state index in [1.54, 1.807) is 18.3 Å². The third-order valence-corrected chi connectivity index (χ3v) is 5.55. The van der Waals surface area contributed by atoms with Crippen LogP contribution in [0.15, 0.2) is 41.7 Å². The van der Waals surface area contributed by atoms with Gasteiger partial charge in [-0.05, 0) is 44.5 Å². The van der Waals surface area contributed by atoms with Crippen LogP contribution in [0.3, 0.4) is 0 Å². The highest BCUT2D eigenvalue weighted by Crippen LogP contribution is 2.26. The Hall–Kier alpha value is -2.58. The summed E-state index contributed by atoms with van der Waals surface area (Å²) in [4.78, 5) is 16.1. The lowest BCUT2D eigenvalue weighted by atomic mass is 10.1.